The molecule has 0 aromatic heterocycles. The number of rotatable bonds is 5. The molecule has 0 radical (unpaired) electrons. The molecule has 2 aliphatic rings. The second kappa shape index (κ2) is 10.7. The predicted molar refractivity (Wildman–Crippen MR) is 89.8 cm³/mol. The molecule has 1 amide bonds. The van der Waals surface area contributed by atoms with E-state index in [1.165, 1.54) is 38.5 Å². The van der Waals surface area contributed by atoms with E-state index >= 15 is 0 Å². The van der Waals surface area contributed by atoms with Gasteiger partial charge in [-0.15, -0.1) is 12.4 Å². The van der Waals surface area contributed by atoms with Crippen molar-refractivity contribution in [3.8, 4) is 0 Å². The average molecular weight is 321 g/mol. The lowest BCUT2D eigenvalue weighted by atomic mass is 10.0. The smallest absolute Gasteiger partial charge is 0.223 e. The van der Waals surface area contributed by atoms with Gasteiger partial charge in [-0.05, 0) is 37.2 Å². The largest absolute Gasteiger partial charge is 0.355 e. The van der Waals surface area contributed by atoms with Crippen LogP contribution in [-0.4, -0.2) is 36.5 Å². The monoisotopic (exact) mass is 320 g/mol. The number of hydrogen-bond acceptors (Lipinski definition) is 3. The van der Waals surface area contributed by atoms with Gasteiger partial charge in [-0.3, -0.25) is 4.79 Å². The molecule has 118 valence electrons. The van der Waals surface area contributed by atoms with Gasteiger partial charge in [-0.25, -0.2) is 0 Å². The van der Waals surface area contributed by atoms with Gasteiger partial charge >= 0.3 is 0 Å². The van der Waals surface area contributed by atoms with E-state index in [9.17, 15) is 4.79 Å². The highest BCUT2D eigenvalue weighted by Crippen LogP contribution is 2.22. The lowest BCUT2D eigenvalue weighted by molar-refractivity contribution is -0.125. The van der Waals surface area contributed by atoms with E-state index < -0.39 is 0 Å². The standard InChI is InChI=1S/C15H28N2OS.ClH/c18-15(13-7-11-19-12-8-13)17-10-9-16-14-5-3-1-2-4-6-14;/h13-14,16H,1-12H2,(H,17,18);1H. The highest BCUT2D eigenvalue weighted by molar-refractivity contribution is 7.99. The van der Waals surface area contributed by atoms with Crippen molar-refractivity contribution in [3.63, 3.8) is 0 Å². The van der Waals surface area contributed by atoms with E-state index in [-0.39, 0.29) is 24.2 Å². The van der Waals surface area contributed by atoms with Crippen molar-refractivity contribution >= 4 is 30.1 Å². The van der Waals surface area contributed by atoms with Crippen LogP contribution in [0.15, 0.2) is 0 Å². The van der Waals surface area contributed by atoms with Gasteiger partial charge in [0.25, 0.3) is 0 Å². The third-order valence-electron chi connectivity index (χ3n) is 4.30. The molecule has 3 nitrogen and oxygen atoms in total. The number of hydrogen-bond donors (Lipinski definition) is 2. The first-order valence-corrected chi connectivity index (χ1v) is 9.10. The number of carbonyl (C=O) groups excluding carboxylic acids is 1. The molecule has 2 fully saturated rings. The second-order valence-corrected chi connectivity index (χ2v) is 7.05. The van der Waals surface area contributed by atoms with Gasteiger partial charge < -0.3 is 10.6 Å². The van der Waals surface area contributed by atoms with Gasteiger partial charge in [0, 0.05) is 25.0 Å². The Morgan fingerprint density at radius 3 is 2.25 bits per heavy atom. The molecule has 1 aliphatic carbocycles. The summed E-state index contributed by atoms with van der Waals surface area (Å²) in [6.45, 7) is 1.72. The summed E-state index contributed by atoms with van der Waals surface area (Å²) in [5.41, 5.74) is 0. The summed E-state index contributed by atoms with van der Waals surface area (Å²) in [5.74, 6) is 2.86. The van der Waals surface area contributed by atoms with E-state index in [0.29, 0.717) is 6.04 Å². The molecule has 2 N–H and O–H groups in total. The highest BCUT2D eigenvalue weighted by Gasteiger charge is 2.20. The van der Waals surface area contributed by atoms with Crippen LogP contribution in [0.4, 0.5) is 0 Å². The van der Waals surface area contributed by atoms with E-state index in [2.05, 4.69) is 10.6 Å². The first kappa shape index (κ1) is 18.1. The molecule has 0 bridgehead atoms. The fourth-order valence-electron chi connectivity index (χ4n) is 3.05. The summed E-state index contributed by atoms with van der Waals surface area (Å²) in [6.07, 6.45) is 10.3. The van der Waals surface area contributed by atoms with E-state index in [0.717, 1.165) is 37.4 Å². The molecule has 20 heavy (non-hydrogen) atoms. The first-order chi connectivity index (χ1) is 9.36. The van der Waals surface area contributed by atoms with Gasteiger partial charge in [0.05, 0.1) is 0 Å². The van der Waals surface area contributed by atoms with Crippen LogP contribution < -0.4 is 10.6 Å². The molecule has 1 saturated heterocycles. The zero-order valence-electron chi connectivity index (χ0n) is 12.4. The Hall–Kier alpha value is 0.0700. The number of nitrogens with one attached hydrogen (secondary N) is 2. The van der Waals surface area contributed by atoms with Crippen molar-refractivity contribution in [3.05, 3.63) is 0 Å². The molecular formula is C15H29ClN2OS. The average Bonchev–Trinajstić information content (AvgIpc) is 2.73. The SMILES string of the molecule is Cl.O=C(NCCNC1CCCCCC1)C1CCSCC1. The van der Waals surface area contributed by atoms with Crippen LogP contribution in [-0.2, 0) is 4.79 Å². The summed E-state index contributed by atoms with van der Waals surface area (Å²) >= 11 is 1.97. The molecule has 0 spiro atoms. The Kier molecular flexibility index (Phi) is 9.74. The van der Waals surface area contributed by atoms with Gasteiger partial charge in [-0.1, -0.05) is 25.7 Å². The topological polar surface area (TPSA) is 41.1 Å². The molecule has 5 heteroatoms. The van der Waals surface area contributed by atoms with Crippen LogP contribution in [0.25, 0.3) is 0 Å². The Morgan fingerprint density at radius 2 is 1.60 bits per heavy atom. The van der Waals surface area contributed by atoms with Crippen molar-refractivity contribution in [2.45, 2.75) is 57.4 Å². The lowest BCUT2D eigenvalue weighted by Crippen LogP contribution is -2.39. The molecule has 1 aliphatic heterocycles. The molecule has 0 atom stereocenters. The summed E-state index contributed by atoms with van der Waals surface area (Å²) in [6, 6.07) is 0.686. The van der Waals surface area contributed by atoms with Gasteiger partial charge in [0.1, 0.15) is 0 Å². The van der Waals surface area contributed by atoms with Crippen LogP contribution in [0.3, 0.4) is 0 Å². The fourth-order valence-corrected chi connectivity index (χ4v) is 4.16. The van der Waals surface area contributed by atoms with Crippen molar-refractivity contribution in [1.29, 1.82) is 0 Å². The van der Waals surface area contributed by atoms with Gasteiger partial charge in [0.2, 0.25) is 5.91 Å². The Bertz CT molecular complexity index is 265. The molecule has 2 rings (SSSR count). The number of thioether (sulfide) groups is 1. The highest BCUT2D eigenvalue weighted by atomic mass is 35.5. The maximum Gasteiger partial charge on any atom is 0.223 e. The van der Waals surface area contributed by atoms with E-state index in [1.807, 2.05) is 11.8 Å². The molecule has 0 aromatic rings. The second-order valence-electron chi connectivity index (χ2n) is 5.82. The minimum atomic E-state index is 0. The third-order valence-corrected chi connectivity index (χ3v) is 5.35. The Labute approximate surface area is 133 Å². The van der Waals surface area contributed by atoms with Crippen molar-refractivity contribution in [1.82, 2.24) is 10.6 Å². The zero-order chi connectivity index (χ0) is 13.3. The molecular weight excluding hydrogens is 292 g/mol. The minimum Gasteiger partial charge on any atom is -0.355 e. The molecule has 1 heterocycles. The van der Waals surface area contributed by atoms with Crippen molar-refractivity contribution < 1.29 is 4.79 Å². The maximum absolute atomic E-state index is 12.0. The van der Waals surface area contributed by atoms with E-state index in [1.54, 1.807) is 0 Å². The quantitative estimate of drug-likeness (QED) is 0.604. The summed E-state index contributed by atoms with van der Waals surface area (Å²) in [7, 11) is 0. The molecule has 1 saturated carbocycles. The molecule has 0 unspecified atom stereocenters. The Balaban J connectivity index is 0.00000200. The number of halogens is 1. The van der Waals surface area contributed by atoms with Crippen LogP contribution >= 0.6 is 24.2 Å². The third kappa shape index (κ3) is 6.68. The van der Waals surface area contributed by atoms with Crippen LogP contribution in [0.5, 0.6) is 0 Å². The Morgan fingerprint density at radius 1 is 0.950 bits per heavy atom. The van der Waals surface area contributed by atoms with Crippen LogP contribution in [0, 0.1) is 5.92 Å². The van der Waals surface area contributed by atoms with E-state index in [4.69, 9.17) is 0 Å². The number of carbonyl (C=O) groups is 1. The minimum absolute atomic E-state index is 0. The van der Waals surface area contributed by atoms with Gasteiger partial charge in [0.15, 0.2) is 0 Å². The number of amides is 1. The summed E-state index contributed by atoms with van der Waals surface area (Å²) < 4.78 is 0. The zero-order valence-corrected chi connectivity index (χ0v) is 14.0. The van der Waals surface area contributed by atoms with Crippen molar-refractivity contribution in [2.75, 3.05) is 24.6 Å². The van der Waals surface area contributed by atoms with Crippen LogP contribution in [0.1, 0.15) is 51.4 Å². The predicted octanol–water partition coefficient (Wildman–Crippen LogP) is 2.98. The van der Waals surface area contributed by atoms with Crippen LogP contribution in [0.2, 0.25) is 0 Å². The van der Waals surface area contributed by atoms with Gasteiger partial charge in [-0.2, -0.15) is 11.8 Å². The summed E-state index contributed by atoms with van der Waals surface area (Å²) in [4.78, 5) is 12.0. The maximum atomic E-state index is 12.0. The summed E-state index contributed by atoms with van der Waals surface area (Å²) in [5, 5.41) is 6.70. The lowest BCUT2D eigenvalue weighted by Gasteiger charge is -2.21. The fraction of sp³-hybridized carbons (Fsp3) is 0.933. The normalized spacial score (nSPS) is 21.8. The van der Waals surface area contributed by atoms with Crippen molar-refractivity contribution in [2.24, 2.45) is 5.92 Å². The molecule has 0 aromatic carbocycles. The first-order valence-electron chi connectivity index (χ1n) is 7.95.